The summed E-state index contributed by atoms with van der Waals surface area (Å²) in [5, 5.41) is 8.98. The normalized spacial score (nSPS) is 11.8. The van der Waals surface area contributed by atoms with Gasteiger partial charge in [-0.3, -0.25) is 4.79 Å². The van der Waals surface area contributed by atoms with Crippen molar-refractivity contribution in [1.82, 2.24) is 9.97 Å². The summed E-state index contributed by atoms with van der Waals surface area (Å²) >= 11 is 0. The van der Waals surface area contributed by atoms with E-state index in [9.17, 15) is 4.79 Å². The van der Waals surface area contributed by atoms with Crippen molar-refractivity contribution in [3.63, 3.8) is 0 Å². The second-order valence-corrected chi connectivity index (χ2v) is 4.93. The molecular formula is C16H18N2O4. The minimum atomic E-state index is -0.841. The van der Waals surface area contributed by atoms with Crippen molar-refractivity contribution < 1.29 is 19.4 Å². The number of ether oxygens (including phenoxy) is 2. The van der Waals surface area contributed by atoms with E-state index in [1.807, 2.05) is 13.0 Å². The standard InChI is InChI=1S/C16H18N2O4/c1-10(4-15(19)20)11-5-13(12-7-17-9-18-8-12)16(22-3)14(6-11)21-2/h5-10H,4H2,1-3H3,(H,19,20). The summed E-state index contributed by atoms with van der Waals surface area (Å²) in [7, 11) is 3.11. The van der Waals surface area contributed by atoms with Crippen molar-refractivity contribution in [2.75, 3.05) is 14.2 Å². The molecule has 0 saturated carbocycles. The Kier molecular flexibility index (Phi) is 4.93. The highest BCUT2D eigenvalue weighted by molar-refractivity contribution is 5.75. The smallest absolute Gasteiger partial charge is 0.303 e. The van der Waals surface area contributed by atoms with Gasteiger partial charge in [0, 0.05) is 23.5 Å². The first-order valence-electron chi connectivity index (χ1n) is 6.80. The molecule has 6 heteroatoms. The fraction of sp³-hybridized carbons (Fsp3) is 0.312. The second-order valence-electron chi connectivity index (χ2n) is 4.93. The van der Waals surface area contributed by atoms with Gasteiger partial charge in [0.15, 0.2) is 11.5 Å². The van der Waals surface area contributed by atoms with E-state index >= 15 is 0 Å². The van der Waals surface area contributed by atoms with E-state index in [4.69, 9.17) is 14.6 Å². The highest BCUT2D eigenvalue weighted by Gasteiger charge is 2.18. The molecule has 6 nitrogen and oxygen atoms in total. The van der Waals surface area contributed by atoms with Gasteiger partial charge in [-0.25, -0.2) is 9.97 Å². The van der Waals surface area contributed by atoms with Crippen LogP contribution in [0.3, 0.4) is 0 Å². The van der Waals surface area contributed by atoms with Crippen LogP contribution in [0.2, 0.25) is 0 Å². The SMILES string of the molecule is COc1cc(C(C)CC(=O)O)cc(-c2cncnc2)c1OC. The molecular weight excluding hydrogens is 284 g/mol. The van der Waals surface area contributed by atoms with Gasteiger partial charge in [-0.1, -0.05) is 6.92 Å². The number of hydrogen-bond donors (Lipinski definition) is 1. The number of aliphatic carboxylic acids is 1. The van der Waals surface area contributed by atoms with E-state index < -0.39 is 5.97 Å². The van der Waals surface area contributed by atoms with Crippen LogP contribution in [0.4, 0.5) is 0 Å². The van der Waals surface area contributed by atoms with Crippen molar-refractivity contribution in [3.8, 4) is 22.6 Å². The lowest BCUT2D eigenvalue weighted by molar-refractivity contribution is -0.137. The zero-order valence-corrected chi connectivity index (χ0v) is 12.7. The maximum absolute atomic E-state index is 10.9. The fourth-order valence-corrected chi connectivity index (χ4v) is 2.30. The lowest BCUT2D eigenvalue weighted by Crippen LogP contribution is -2.04. The fourth-order valence-electron chi connectivity index (χ4n) is 2.30. The summed E-state index contributed by atoms with van der Waals surface area (Å²) in [6.07, 6.45) is 4.84. The molecule has 0 aliphatic carbocycles. The highest BCUT2D eigenvalue weighted by atomic mass is 16.5. The molecule has 1 heterocycles. The molecule has 0 fully saturated rings. The number of methoxy groups -OCH3 is 2. The van der Waals surface area contributed by atoms with Gasteiger partial charge in [-0.2, -0.15) is 0 Å². The van der Waals surface area contributed by atoms with E-state index in [1.165, 1.54) is 6.33 Å². The Bertz CT molecular complexity index is 659. The Morgan fingerprint density at radius 3 is 2.45 bits per heavy atom. The Labute approximate surface area is 128 Å². The molecule has 0 saturated heterocycles. The third-order valence-corrected chi connectivity index (χ3v) is 3.42. The summed E-state index contributed by atoms with van der Waals surface area (Å²) in [4.78, 5) is 19.0. The first-order valence-corrected chi connectivity index (χ1v) is 6.80. The van der Waals surface area contributed by atoms with Crippen molar-refractivity contribution in [2.24, 2.45) is 0 Å². The molecule has 2 aromatic rings. The summed E-state index contributed by atoms with van der Waals surface area (Å²) in [6, 6.07) is 3.70. The van der Waals surface area contributed by atoms with E-state index in [-0.39, 0.29) is 12.3 Å². The third kappa shape index (κ3) is 3.33. The van der Waals surface area contributed by atoms with Crippen LogP contribution in [0.1, 0.15) is 24.8 Å². The number of rotatable bonds is 6. The Morgan fingerprint density at radius 1 is 1.23 bits per heavy atom. The summed E-state index contributed by atoms with van der Waals surface area (Å²) in [5.41, 5.74) is 2.41. The number of benzene rings is 1. The number of carbonyl (C=O) groups is 1. The van der Waals surface area contributed by atoms with Crippen molar-refractivity contribution in [2.45, 2.75) is 19.3 Å². The third-order valence-electron chi connectivity index (χ3n) is 3.42. The van der Waals surface area contributed by atoms with E-state index in [2.05, 4.69) is 9.97 Å². The van der Waals surface area contributed by atoms with Crippen LogP contribution in [-0.4, -0.2) is 35.3 Å². The second kappa shape index (κ2) is 6.89. The first kappa shape index (κ1) is 15.8. The minimum absolute atomic E-state index is 0.0419. The number of carboxylic acid groups (broad SMARTS) is 1. The average Bonchev–Trinajstić information content (AvgIpc) is 2.53. The van der Waals surface area contributed by atoms with Crippen molar-refractivity contribution >= 4 is 5.97 Å². The number of aromatic nitrogens is 2. The number of nitrogens with zero attached hydrogens (tertiary/aromatic N) is 2. The van der Waals surface area contributed by atoms with Gasteiger partial charge in [-0.05, 0) is 23.6 Å². The van der Waals surface area contributed by atoms with Crippen LogP contribution < -0.4 is 9.47 Å². The molecule has 22 heavy (non-hydrogen) atoms. The molecule has 0 spiro atoms. The van der Waals surface area contributed by atoms with Crippen LogP contribution in [0.25, 0.3) is 11.1 Å². The first-order chi connectivity index (χ1) is 10.6. The number of hydrogen-bond acceptors (Lipinski definition) is 5. The average molecular weight is 302 g/mol. The molecule has 0 amide bonds. The number of carboxylic acids is 1. The monoisotopic (exact) mass is 302 g/mol. The highest BCUT2D eigenvalue weighted by Crippen LogP contribution is 2.40. The van der Waals surface area contributed by atoms with Crippen molar-refractivity contribution in [3.05, 3.63) is 36.4 Å². The van der Waals surface area contributed by atoms with Crippen LogP contribution >= 0.6 is 0 Å². The molecule has 1 unspecified atom stereocenters. The minimum Gasteiger partial charge on any atom is -0.493 e. The Hall–Kier alpha value is -2.63. The van der Waals surface area contributed by atoms with Gasteiger partial charge >= 0.3 is 5.97 Å². The van der Waals surface area contributed by atoms with Gasteiger partial charge in [0.25, 0.3) is 0 Å². The molecule has 0 bridgehead atoms. The maximum atomic E-state index is 10.9. The molecule has 1 aromatic carbocycles. The topological polar surface area (TPSA) is 81.5 Å². The van der Waals surface area contributed by atoms with Crippen LogP contribution in [-0.2, 0) is 4.79 Å². The predicted molar refractivity (Wildman–Crippen MR) is 81.2 cm³/mol. The van der Waals surface area contributed by atoms with Crippen LogP contribution in [0.5, 0.6) is 11.5 Å². The zero-order chi connectivity index (χ0) is 16.1. The molecule has 0 radical (unpaired) electrons. The van der Waals surface area contributed by atoms with Gasteiger partial charge in [0.1, 0.15) is 6.33 Å². The molecule has 1 atom stereocenters. The Morgan fingerprint density at radius 2 is 1.91 bits per heavy atom. The molecule has 1 aromatic heterocycles. The van der Waals surface area contributed by atoms with E-state index in [0.717, 1.165) is 16.7 Å². The van der Waals surface area contributed by atoms with Crippen LogP contribution in [0.15, 0.2) is 30.9 Å². The lowest BCUT2D eigenvalue weighted by Gasteiger charge is -2.17. The summed E-state index contributed by atoms with van der Waals surface area (Å²) in [6.45, 7) is 1.86. The molecule has 0 aliphatic heterocycles. The van der Waals surface area contributed by atoms with E-state index in [1.54, 1.807) is 32.7 Å². The summed E-state index contributed by atoms with van der Waals surface area (Å²) < 4.78 is 10.8. The Balaban J connectivity index is 2.57. The quantitative estimate of drug-likeness (QED) is 0.883. The van der Waals surface area contributed by atoms with Crippen LogP contribution in [0, 0.1) is 0 Å². The molecule has 2 rings (SSSR count). The largest absolute Gasteiger partial charge is 0.493 e. The zero-order valence-electron chi connectivity index (χ0n) is 12.7. The maximum Gasteiger partial charge on any atom is 0.303 e. The predicted octanol–water partition coefficient (Wildman–Crippen LogP) is 2.74. The lowest BCUT2D eigenvalue weighted by atomic mass is 9.93. The molecule has 116 valence electrons. The van der Waals surface area contributed by atoms with Gasteiger partial charge < -0.3 is 14.6 Å². The van der Waals surface area contributed by atoms with Crippen molar-refractivity contribution in [1.29, 1.82) is 0 Å². The van der Waals surface area contributed by atoms with Gasteiger partial charge in [-0.15, -0.1) is 0 Å². The van der Waals surface area contributed by atoms with Gasteiger partial charge in [0.05, 0.1) is 20.6 Å². The summed E-state index contributed by atoms with van der Waals surface area (Å²) in [5.74, 6) is 0.132. The van der Waals surface area contributed by atoms with Gasteiger partial charge in [0.2, 0.25) is 0 Å². The van der Waals surface area contributed by atoms with E-state index in [0.29, 0.717) is 11.5 Å². The molecule has 1 N–H and O–H groups in total. The molecule has 0 aliphatic rings.